The van der Waals surface area contributed by atoms with E-state index >= 15 is 0 Å². The molecule has 2 aromatic rings. The Morgan fingerprint density at radius 2 is 1.79 bits per heavy atom. The molecule has 1 aliphatic heterocycles. The van der Waals surface area contributed by atoms with Crippen LogP contribution in [0, 0.1) is 11.8 Å². The van der Waals surface area contributed by atoms with Crippen LogP contribution in [0.5, 0.6) is 17.2 Å². The highest BCUT2D eigenvalue weighted by Gasteiger charge is 2.63. The van der Waals surface area contributed by atoms with Crippen molar-refractivity contribution < 1.29 is 28.9 Å². The third-order valence-corrected chi connectivity index (χ3v) is 7.90. The fourth-order valence-electron chi connectivity index (χ4n) is 5.89. The summed E-state index contributed by atoms with van der Waals surface area (Å²) in [4.78, 5) is 28.3. The van der Waals surface area contributed by atoms with E-state index in [1.807, 2.05) is 37.3 Å². The van der Waals surface area contributed by atoms with Crippen LogP contribution in [0.2, 0.25) is 5.02 Å². The number of rotatable bonds is 4. The zero-order valence-electron chi connectivity index (χ0n) is 19.4. The molecule has 1 spiro atoms. The van der Waals surface area contributed by atoms with Gasteiger partial charge in [-0.1, -0.05) is 54.4 Å². The smallest absolute Gasteiger partial charge is 0.236 e. The maximum atomic E-state index is 14.3. The Bertz CT molecular complexity index is 1200. The van der Waals surface area contributed by atoms with Gasteiger partial charge in [-0.2, -0.15) is 0 Å². The van der Waals surface area contributed by atoms with E-state index < -0.39 is 17.3 Å². The van der Waals surface area contributed by atoms with Crippen LogP contribution < -0.4 is 14.2 Å². The predicted octanol–water partition coefficient (Wildman–Crippen LogP) is 4.76. The maximum Gasteiger partial charge on any atom is 0.236 e. The van der Waals surface area contributed by atoms with Crippen molar-refractivity contribution in [1.29, 1.82) is 0 Å². The van der Waals surface area contributed by atoms with Crippen molar-refractivity contribution >= 4 is 23.2 Å². The Morgan fingerprint density at radius 1 is 1.09 bits per heavy atom. The van der Waals surface area contributed by atoms with Crippen LogP contribution in [0.3, 0.4) is 0 Å². The molecule has 1 N–H and O–H groups in total. The monoisotopic (exact) mass is 482 g/mol. The molecule has 0 amide bonds. The van der Waals surface area contributed by atoms with E-state index in [1.165, 1.54) is 14.2 Å². The lowest BCUT2D eigenvalue weighted by atomic mass is 9.61. The Kier molecular flexibility index (Phi) is 5.69. The summed E-state index contributed by atoms with van der Waals surface area (Å²) in [5.41, 5.74) is 1.11. The summed E-state index contributed by atoms with van der Waals surface area (Å²) < 4.78 is 17.1. The Labute approximate surface area is 203 Å². The van der Waals surface area contributed by atoms with Gasteiger partial charge >= 0.3 is 0 Å². The number of ether oxygens (including phenoxy) is 3. The number of hydrogen-bond donors (Lipinski definition) is 1. The van der Waals surface area contributed by atoms with Crippen molar-refractivity contribution in [2.75, 3.05) is 20.8 Å². The Morgan fingerprint density at radius 3 is 2.44 bits per heavy atom. The van der Waals surface area contributed by atoms with Gasteiger partial charge in [0, 0.05) is 30.1 Å². The van der Waals surface area contributed by atoms with Gasteiger partial charge in [0.1, 0.15) is 22.1 Å². The quantitative estimate of drug-likeness (QED) is 0.632. The summed E-state index contributed by atoms with van der Waals surface area (Å²) >= 11 is 6.54. The number of benzene rings is 2. The molecule has 3 aliphatic rings. The molecular weight excluding hydrogens is 456 g/mol. The highest BCUT2D eigenvalue weighted by Crippen LogP contribution is 2.56. The van der Waals surface area contributed by atoms with E-state index in [0.29, 0.717) is 30.6 Å². The van der Waals surface area contributed by atoms with Crippen LogP contribution in [0.4, 0.5) is 0 Å². The van der Waals surface area contributed by atoms with E-state index in [9.17, 15) is 14.7 Å². The largest absolute Gasteiger partial charge is 0.496 e. The van der Waals surface area contributed by atoms with Crippen molar-refractivity contribution in [3.05, 3.63) is 63.7 Å². The number of hydrogen-bond acceptors (Lipinski definition) is 6. The number of carbonyl (C=O) groups is 2. The topological polar surface area (TPSA) is 82.1 Å². The third kappa shape index (κ3) is 3.12. The number of aliphatic hydroxyl groups excluding tert-OH is 1. The van der Waals surface area contributed by atoms with Gasteiger partial charge in [-0.15, -0.1) is 0 Å². The van der Waals surface area contributed by atoms with Crippen molar-refractivity contribution in [2.45, 2.75) is 37.7 Å². The van der Waals surface area contributed by atoms with Gasteiger partial charge in [-0.25, -0.2) is 0 Å². The number of carbonyl (C=O) groups excluding carboxylic acids is 2. The summed E-state index contributed by atoms with van der Waals surface area (Å²) in [6, 6.07) is 11.3. The Hall–Kier alpha value is -2.83. The Balaban J connectivity index is 1.66. The SMILES string of the molecule is COc1cc(OC)c2c(c1Cl)O[C@@]1(C(=O)C3=C(CC(CO)CC3c3ccccc3)C[C@H]1C)C2=O. The fraction of sp³-hybridized carbons (Fsp3) is 0.407. The van der Waals surface area contributed by atoms with Gasteiger partial charge in [0.25, 0.3) is 0 Å². The fourth-order valence-corrected chi connectivity index (χ4v) is 6.16. The van der Waals surface area contributed by atoms with Crippen molar-refractivity contribution in [1.82, 2.24) is 0 Å². The predicted molar refractivity (Wildman–Crippen MR) is 127 cm³/mol. The van der Waals surface area contributed by atoms with Crippen molar-refractivity contribution in [3.63, 3.8) is 0 Å². The number of aliphatic hydroxyl groups is 1. The second-order valence-corrected chi connectivity index (χ2v) is 9.75. The van der Waals surface area contributed by atoms with Gasteiger partial charge in [0.15, 0.2) is 5.75 Å². The minimum Gasteiger partial charge on any atom is -0.496 e. The first-order valence-corrected chi connectivity index (χ1v) is 11.9. The zero-order valence-corrected chi connectivity index (χ0v) is 20.1. The minimum absolute atomic E-state index is 0.0568. The second-order valence-electron chi connectivity index (χ2n) is 9.37. The molecule has 2 aliphatic carbocycles. The van der Waals surface area contributed by atoms with E-state index in [0.717, 1.165) is 11.1 Å². The molecule has 6 nitrogen and oxygen atoms in total. The van der Waals surface area contributed by atoms with E-state index in [4.69, 9.17) is 25.8 Å². The highest BCUT2D eigenvalue weighted by atomic mass is 35.5. The standard InChI is InChI=1S/C27H27ClO6/c1-14-9-17-10-15(13-29)11-18(16-7-5-4-6-8-16)21(17)25(30)27(14)26(31)22-19(32-2)12-20(33-3)23(28)24(22)34-27/h4-8,12,14-15,18,29H,9-11,13H2,1-3H3/t14-,15?,18?,27+/m1/s1. The molecule has 178 valence electrons. The van der Waals surface area contributed by atoms with Crippen molar-refractivity contribution in [3.8, 4) is 17.2 Å². The number of ketones is 2. The molecule has 0 radical (unpaired) electrons. The van der Waals surface area contributed by atoms with Gasteiger partial charge in [-0.3, -0.25) is 9.59 Å². The lowest BCUT2D eigenvalue weighted by Gasteiger charge is -2.43. The second kappa shape index (κ2) is 8.43. The third-order valence-electron chi connectivity index (χ3n) is 7.54. The molecule has 2 aromatic carbocycles. The van der Waals surface area contributed by atoms with Crippen LogP contribution >= 0.6 is 11.6 Å². The lowest BCUT2D eigenvalue weighted by molar-refractivity contribution is -0.131. The molecule has 0 bridgehead atoms. The van der Waals surface area contributed by atoms with Crippen molar-refractivity contribution in [2.24, 2.45) is 11.8 Å². The molecule has 7 heteroatoms. The van der Waals surface area contributed by atoms with Crippen LogP contribution in [-0.4, -0.2) is 43.1 Å². The maximum absolute atomic E-state index is 14.3. The first-order chi connectivity index (χ1) is 16.4. The summed E-state index contributed by atoms with van der Waals surface area (Å²) in [6.45, 7) is 1.92. The van der Waals surface area contributed by atoms with E-state index in [2.05, 4.69) is 0 Å². The number of halogens is 1. The van der Waals surface area contributed by atoms with Crippen LogP contribution in [0.25, 0.3) is 0 Å². The number of methoxy groups -OCH3 is 2. The van der Waals surface area contributed by atoms with Gasteiger partial charge in [0.2, 0.25) is 17.2 Å². The molecule has 5 rings (SSSR count). The van der Waals surface area contributed by atoms with E-state index in [-0.39, 0.29) is 46.3 Å². The molecule has 0 fully saturated rings. The van der Waals surface area contributed by atoms with Gasteiger partial charge in [0.05, 0.1) is 14.2 Å². The molecule has 0 saturated heterocycles. The normalized spacial score (nSPS) is 28.0. The van der Waals surface area contributed by atoms with Crippen LogP contribution in [0.1, 0.15) is 48.0 Å². The molecule has 0 aromatic heterocycles. The van der Waals surface area contributed by atoms with Crippen LogP contribution in [-0.2, 0) is 4.79 Å². The van der Waals surface area contributed by atoms with Crippen LogP contribution in [0.15, 0.2) is 47.5 Å². The van der Waals surface area contributed by atoms with Gasteiger partial charge < -0.3 is 19.3 Å². The molecule has 34 heavy (non-hydrogen) atoms. The number of allylic oxidation sites excluding steroid dienone is 1. The lowest BCUT2D eigenvalue weighted by Crippen LogP contribution is -2.57. The molecular formula is C27H27ClO6. The molecule has 1 heterocycles. The molecule has 4 atom stereocenters. The highest BCUT2D eigenvalue weighted by molar-refractivity contribution is 6.36. The molecule has 2 unspecified atom stereocenters. The minimum atomic E-state index is -1.70. The summed E-state index contributed by atoms with van der Waals surface area (Å²) in [5, 5.41) is 10.1. The zero-order chi connectivity index (χ0) is 24.2. The average Bonchev–Trinajstić information content (AvgIpc) is 3.17. The summed E-state index contributed by atoms with van der Waals surface area (Å²) in [6.07, 6.45) is 1.80. The summed E-state index contributed by atoms with van der Waals surface area (Å²) in [7, 11) is 2.92. The first kappa shape index (κ1) is 22.9. The number of fused-ring (bicyclic) bond motifs is 1. The first-order valence-electron chi connectivity index (χ1n) is 11.5. The van der Waals surface area contributed by atoms with E-state index in [1.54, 1.807) is 6.07 Å². The average molecular weight is 483 g/mol. The number of Topliss-reactive ketones (excluding diaryl/α,β-unsaturated/α-hetero) is 2. The van der Waals surface area contributed by atoms with Gasteiger partial charge in [-0.05, 0) is 30.7 Å². The molecule has 0 saturated carbocycles. The summed E-state index contributed by atoms with van der Waals surface area (Å²) in [5.74, 6) is -0.606.